The minimum atomic E-state index is 0.100. The normalized spacial score (nSPS) is 12.7. The van der Waals surface area contributed by atoms with Gasteiger partial charge in [-0.15, -0.1) is 0 Å². The van der Waals surface area contributed by atoms with Crippen LogP contribution in [0.25, 0.3) is 10.9 Å². The number of hydrazine groups is 1. The molecular formula is C15H21N3O. The smallest absolute Gasteiger partial charge is 0.0705 e. The van der Waals surface area contributed by atoms with E-state index in [-0.39, 0.29) is 6.04 Å². The highest BCUT2D eigenvalue weighted by molar-refractivity contribution is 5.78. The molecule has 0 saturated carbocycles. The van der Waals surface area contributed by atoms with Crippen molar-refractivity contribution in [3.05, 3.63) is 42.1 Å². The zero-order valence-corrected chi connectivity index (χ0v) is 11.3. The van der Waals surface area contributed by atoms with Crippen molar-refractivity contribution in [2.24, 2.45) is 5.84 Å². The third-order valence-corrected chi connectivity index (χ3v) is 3.13. The molecule has 0 aliphatic heterocycles. The number of nitrogens with two attached hydrogens (primary N) is 1. The molecule has 0 saturated heterocycles. The molecule has 2 rings (SSSR count). The molecule has 0 bridgehead atoms. The van der Waals surface area contributed by atoms with E-state index in [0.29, 0.717) is 6.61 Å². The van der Waals surface area contributed by atoms with Crippen molar-refractivity contribution >= 4 is 10.9 Å². The minimum Gasteiger partial charge on any atom is -0.381 e. The topological polar surface area (TPSA) is 60.2 Å². The summed E-state index contributed by atoms with van der Waals surface area (Å²) in [4.78, 5) is 4.37. The number of fused-ring (bicyclic) bond motifs is 1. The lowest BCUT2D eigenvalue weighted by Gasteiger charge is -2.16. The lowest BCUT2D eigenvalue weighted by molar-refractivity contribution is 0.124. The summed E-state index contributed by atoms with van der Waals surface area (Å²) in [6.07, 6.45) is 3.71. The Labute approximate surface area is 113 Å². The summed E-state index contributed by atoms with van der Waals surface area (Å²) in [5.74, 6) is 5.64. The Kier molecular flexibility index (Phi) is 5.27. The van der Waals surface area contributed by atoms with Crippen molar-refractivity contribution in [1.29, 1.82) is 0 Å². The van der Waals surface area contributed by atoms with E-state index in [1.54, 1.807) is 6.20 Å². The van der Waals surface area contributed by atoms with Crippen LogP contribution in [0.1, 0.15) is 31.4 Å². The summed E-state index contributed by atoms with van der Waals surface area (Å²) in [7, 11) is 0. The second kappa shape index (κ2) is 7.19. The van der Waals surface area contributed by atoms with E-state index in [0.717, 1.165) is 35.9 Å². The Hall–Kier alpha value is -1.49. The fraction of sp³-hybridized carbons (Fsp3) is 0.400. The maximum atomic E-state index is 5.64. The van der Waals surface area contributed by atoms with Crippen LogP contribution in [0.3, 0.4) is 0 Å². The van der Waals surface area contributed by atoms with Gasteiger partial charge in [0, 0.05) is 30.8 Å². The average molecular weight is 259 g/mol. The minimum absolute atomic E-state index is 0.100. The molecule has 1 atom stereocenters. The summed E-state index contributed by atoms with van der Waals surface area (Å²) in [5.41, 5.74) is 4.99. The van der Waals surface area contributed by atoms with Gasteiger partial charge in [-0.05, 0) is 30.5 Å². The molecule has 0 spiro atoms. The molecule has 1 aromatic heterocycles. The lowest BCUT2D eigenvalue weighted by atomic mass is 10.0. The zero-order valence-electron chi connectivity index (χ0n) is 11.3. The monoisotopic (exact) mass is 259 g/mol. The molecule has 0 aliphatic rings. The number of hydrogen-bond acceptors (Lipinski definition) is 4. The molecule has 4 nitrogen and oxygen atoms in total. The summed E-state index contributed by atoms with van der Waals surface area (Å²) < 4.78 is 5.51. The second-order valence-electron chi connectivity index (χ2n) is 4.58. The summed E-state index contributed by atoms with van der Waals surface area (Å²) in [5, 5.41) is 1.14. The van der Waals surface area contributed by atoms with Crippen molar-refractivity contribution in [2.75, 3.05) is 13.2 Å². The van der Waals surface area contributed by atoms with Crippen LogP contribution in [0.2, 0.25) is 0 Å². The van der Waals surface area contributed by atoms with E-state index in [1.165, 1.54) is 0 Å². The van der Waals surface area contributed by atoms with Gasteiger partial charge in [0.2, 0.25) is 0 Å². The van der Waals surface area contributed by atoms with Crippen LogP contribution in [0, 0.1) is 0 Å². The molecule has 3 N–H and O–H groups in total. The van der Waals surface area contributed by atoms with Gasteiger partial charge in [-0.1, -0.05) is 25.1 Å². The van der Waals surface area contributed by atoms with E-state index in [2.05, 4.69) is 41.6 Å². The maximum Gasteiger partial charge on any atom is 0.0705 e. The molecule has 0 amide bonds. The number of ether oxygens (including phenoxy) is 1. The van der Waals surface area contributed by atoms with Crippen molar-refractivity contribution in [1.82, 2.24) is 10.4 Å². The Morgan fingerprint density at radius 2 is 2.21 bits per heavy atom. The van der Waals surface area contributed by atoms with Crippen molar-refractivity contribution < 1.29 is 4.74 Å². The predicted octanol–water partition coefficient (Wildman–Crippen LogP) is 2.56. The quantitative estimate of drug-likeness (QED) is 0.456. The third kappa shape index (κ3) is 3.73. The van der Waals surface area contributed by atoms with Crippen molar-refractivity contribution in [3.63, 3.8) is 0 Å². The summed E-state index contributed by atoms with van der Waals surface area (Å²) in [6, 6.07) is 10.4. The van der Waals surface area contributed by atoms with Crippen LogP contribution in [0.5, 0.6) is 0 Å². The van der Waals surface area contributed by atoms with Crippen LogP contribution in [-0.2, 0) is 4.74 Å². The van der Waals surface area contributed by atoms with Gasteiger partial charge in [0.15, 0.2) is 0 Å². The number of hydrogen-bond donors (Lipinski definition) is 2. The van der Waals surface area contributed by atoms with E-state index in [9.17, 15) is 0 Å². The lowest BCUT2D eigenvalue weighted by Crippen LogP contribution is -2.29. The first kappa shape index (κ1) is 13.9. The van der Waals surface area contributed by atoms with E-state index in [4.69, 9.17) is 10.6 Å². The van der Waals surface area contributed by atoms with Gasteiger partial charge in [0.1, 0.15) is 0 Å². The van der Waals surface area contributed by atoms with Crippen molar-refractivity contribution in [3.8, 4) is 0 Å². The number of rotatable bonds is 7. The molecule has 0 fully saturated rings. The van der Waals surface area contributed by atoms with Crippen LogP contribution in [0.15, 0.2) is 36.5 Å². The molecule has 19 heavy (non-hydrogen) atoms. The first-order valence-electron chi connectivity index (χ1n) is 6.73. The number of benzene rings is 1. The van der Waals surface area contributed by atoms with E-state index < -0.39 is 0 Å². The highest BCUT2D eigenvalue weighted by Gasteiger charge is 2.10. The molecule has 0 aliphatic carbocycles. The Balaban J connectivity index is 2.07. The molecule has 4 heteroatoms. The van der Waals surface area contributed by atoms with Gasteiger partial charge in [-0.2, -0.15) is 0 Å². The maximum absolute atomic E-state index is 5.64. The highest BCUT2D eigenvalue weighted by atomic mass is 16.5. The molecule has 2 aromatic rings. The van der Waals surface area contributed by atoms with Gasteiger partial charge in [-0.3, -0.25) is 16.3 Å². The number of nitrogens with zero attached hydrogens (tertiary/aromatic N) is 1. The van der Waals surface area contributed by atoms with Gasteiger partial charge < -0.3 is 4.74 Å². The first-order valence-corrected chi connectivity index (χ1v) is 6.73. The zero-order chi connectivity index (χ0) is 13.5. The third-order valence-electron chi connectivity index (χ3n) is 3.13. The molecule has 1 unspecified atom stereocenters. The van der Waals surface area contributed by atoms with Crippen LogP contribution < -0.4 is 11.3 Å². The predicted molar refractivity (Wildman–Crippen MR) is 77.5 cm³/mol. The SMILES string of the molecule is CCCOCCC(NN)c1ccc2cccnc2c1. The highest BCUT2D eigenvalue weighted by Crippen LogP contribution is 2.20. The Bertz CT molecular complexity index is 515. The van der Waals surface area contributed by atoms with Crippen LogP contribution in [-0.4, -0.2) is 18.2 Å². The largest absolute Gasteiger partial charge is 0.381 e. The Morgan fingerprint density at radius 1 is 1.32 bits per heavy atom. The average Bonchev–Trinajstić information content (AvgIpc) is 2.47. The van der Waals surface area contributed by atoms with Gasteiger partial charge in [-0.25, -0.2) is 0 Å². The molecule has 0 radical (unpaired) electrons. The second-order valence-corrected chi connectivity index (χ2v) is 4.58. The number of nitrogens with one attached hydrogen (secondary N) is 1. The molecule has 1 aromatic carbocycles. The van der Waals surface area contributed by atoms with Gasteiger partial charge in [0.05, 0.1) is 5.52 Å². The molecule has 102 valence electrons. The number of pyridine rings is 1. The van der Waals surface area contributed by atoms with Gasteiger partial charge >= 0.3 is 0 Å². The van der Waals surface area contributed by atoms with E-state index in [1.807, 2.05) is 6.07 Å². The summed E-state index contributed by atoms with van der Waals surface area (Å²) >= 11 is 0. The standard InChI is InChI=1S/C15H21N3O/c1-2-9-19-10-7-14(18-16)13-6-5-12-4-3-8-17-15(12)11-13/h3-6,8,11,14,18H,2,7,9-10,16H2,1H3. The van der Waals surface area contributed by atoms with E-state index >= 15 is 0 Å². The summed E-state index contributed by atoms with van der Waals surface area (Å²) in [6.45, 7) is 3.62. The van der Waals surface area contributed by atoms with Gasteiger partial charge in [0.25, 0.3) is 0 Å². The van der Waals surface area contributed by atoms with Crippen LogP contribution >= 0.6 is 0 Å². The van der Waals surface area contributed by atoms with Crippen LogP contribution in [0.4, 0.5) is 0 Å². The fourth-order valence-corrected chi connectivity index (χ4v) is 2.09. The first-order chi connectivity index (χ1) is 9.35. The van der Waals surface area contributed by atoms with Crippen molar-refractivity contribution in [2.45, 2.75) is 25.8 Å². The molecule has 1 heterocycles. The molecular weight excluding hydrogens is 238 g/mol. The Morgan fingerprint density at radius 3 is 3.00 bits per heavy atom. The fourth-order valence-electron chi connectivity index (χ4n) is 2.09. The number of aromatic nitrogens is 1.